The molecule has 2 heterocycles. The Morgan fingerprint density at radius 1 is 1.07 bits per heavy atom. The van der Waals surface area contributed by atoms with Crippen molar-refractivity contribution in [2.24, 2.45) is 0 Å². The number of alkyl halides is 3. The van der Waals surface area contributed by atoms with Crippen molar-refractivity contribution in [3.8, 4) is 5.69 Å². The molecule has 30 heavy (non-hydrogen) atoms. The molecule has 0 fully saturated rings. The van der Waals surface area contributed by atoms with Gasteiger partial charge in [-0.1, -0.05) is 29.8 Å². The minimum atomic E-state index is -4.71. The van der Waals surface area contributed by atoms with Gasteiger partial charge in [0.05, 0.1) is 23.0 Å². The van der Waals surface area contributed by atoms with Crippen molar-refractivity contribution in [3.05, 3.63) is 88.1 Å². The van der Waals surface area contributed by atoms with Crippen molar-refractivity contribution in [2.75, 3.05) is 5.43 Å². The molecular formula is C20H14F3N5O2. The molecule has 0 spiro atoms. The summed E-state index contributed by atoms with van der Waals surface area (Å²) in [6.07, 6.45) is -2.39. The monoisotopic (exact) mass is 413 g/mol. The van der Waals surface area contributed by atoms with Gasteiger partial charge in [-0.2, -0.15) is 18.3 Å². The number of hydrogen-bond acceptors (Lipinski definition) is 4. The predicted molar refractivity (Wildman–Crippen MR) is 103 cm³/mol. The van der Waals surface area contributed by atoms with Crippen LogP contribution < -0.4 is 11.0 Å². The lowest BCUT2D eigenvalue weighted by Crippen LogP contribution is -2.34. The maximum Gasteiger partial charge on any atom is 0.417 e. The van der Waals surface area contributed by atoms with Gasteiger partial charge in [-0.05, 0) is 31.2 Å². The molecule has 0 atom stereocenters. The second-order valence-corrected chi connectivity index (χ2v) is 6.53. The number of fused-ring (bicyclic) bond motifs is 1. The van der Waals surface area contributed by atoms with E-state index in [1.807, 2.05) is 31.2 Å². The van der Waals surface area contributed by atoms with Gasteiger partial charge in [-0.25, -0.2) is 14.3 Å². The smallest absolute Gasteiger partial charge is 0.267 e. The van der Waals surface area contributed by atoms with Crippen molar-refractivity contribution in [1.29, 1.82) is 0 Å². The zero-order valence-corrected chi connectivity index (χ0v) is 15.5. The standard InChI is InChI=1S/C20H14F3N5O2/c1-12-6-8-13(9-7-12)28-17-15(10-25-28)19(30)27(11-24-17)26-18(29)14-4-2-3-5-16(14)20(21,22)23/h2-11H,1H3,(H,26,29). The number of hydrogen-bond donors (Lipinski definition) is 1. The van der Waals surface area contributed by atoms with Crippen LogP contribution in [0, 0.1) is 6.92 Å². The van der Waals surface area contributed by atoms with Gasteiger partial charge in [0.1, 0.15) is 11.7 Å². The van der Waals surface area contributed by atoms with Gasteiger partial charge in [0.25, 0.3) is 11.5 Å². The fourth-order valence-electron chi connectivity index (χ4n) is 2.96. The van der Waals surface area contributed by atoms with Crippen molar-refractivity contribution in [3.63, 3.8) is 0 Å². The molecule has 152 valence electrons. The van der Waals surface area contributed by atoms with E-state index >= 15 is 0 Å². The average Bonchev–Trinajstić information content (AvgIpc) is 3.15. The van der Waals surface area contributed by atoms with Crippen molar-refractivity contribution < 1.29 is 18.0 Å². The highest BCUT2D eigenvalue weighted by atomic mass is 19.4. The van der Waals surface area contributed by atoms with E-state index in [0.717, 1.165) is 28.7 Å². The second-order valence-electron chi connectivity index (χ2n) is 6.53. The number of benzene rings is 2. The SMILES string of the molecule is Cc1ccc(-n2ncc3c(=O)n(NC(=O)c4ccccc4C(F)(F)F)cnc32)cc1. The van der Waals surface area contributed by atoms with Crippen LogP contribution in [0.15, 0.2) is 65.8 Å². The van der Waals surface area contributed by atoms with Gasteiger partial charge >= 0.3 is 6.18 Å². The van der Waals surface area contributed by atoms with E-state index in [1.54, 1.807) is 0 Å². The molecule has 0 bridgehead atoms. The largest absolute Gasteiger partial charge is 0.417 e. The van der Waals surface area contributed by atoms with Crippen LogP contribution in [0.5, 0.6) is 0 Å². The van der Waals surface area contributed by atoms with Gasteiger partial charge in [-0.3, -0.25) is 15.0 Å². The highest BCUT2D eigenvalue weighted by Crippen LogP contribution is 2.31. The number of rotatable bonds is 3. The lowest BCUT2D eigenvalue weighted by atomic mass is 10.1. The van der Waals surface area contributed by atoms with Crippen LogP contribution in [0.4, 0.5) is 13.2 Å². The van der Waals surface area contributed by atoms with E-state index in [2.05, 4.69) is 15.5 Å². The molecule has 0 aliphatic carbocycles. The number of aryl methyl sites for hydroxylation is 1. The predicted octanol–water partition coefficient (Wildman–Crippen LogP) is 3.29. The van der Waals surface area contributed by atoms with E-state index in [4.69, 9.17) is 0 Å². The number of carbonyl (C=O) groups excluding carboxylic acids is 1. The molecule has 4 rings (SSSR count). The van der Waals surface area contributed by atoms with Crippen LogP contribution in [0.25, 0.3) is 16.7 Å². The summed E-state index contributed by atoms with van der Waals surface area (Å²) in [5.74, 6) is -1.09. The van der Waals surface area contributed by atoms with Crippen LogP contribution in [-0.2, 0) is 6.18 Å². The third kappa shape index (κ3) is 3.43. The van der Waals surface area contributed by atoms with Gasteiger partial charge in [0, 0.05) is 0 Å². The third-order valence-electron chi connectivity index (χ3n) is 4.47. The van der Waals surface area contributed by atoms with E-state index < -0.39 is 28.8 Å². The molecule has 0 radical (unpaired) electrons. The molecule has 2 aromatic carbocycles. The van der Waals surface area contributed by atoms with Gasteiger partial charge < -0.3 is 0 Å². The van der Waals surface area contributed by atoms with E-state index in [1.165, 1.54) is 23.0 Å². The highest BCUT2D eigenvalue weighted by molar-refractivity contribution is 6.01. The first-order valence-corrected chi connectivity index (χ1v) is 8.76. The summed E-state index contributed by atoms with van der Waals surface area (Å²) >= 11 is 0. The first kappa shape index (κ1) is 19.4. The first-order valence-electron chi connectivity index (χ1n) is 8.76. The maximum absolute atomic E-state index is 13.2. The summed E-state index contributed by atoms with van der Waals surface area (Å²) in [7, 11) is 0. The number of amides is 1. The molecule has 1 N–H and O–H groups in total. The minimum absolute atomic E-state index is 0.0995. The number of halogens is 3. The Morgan fingerprint density at radius 3 is 2.47 bits per heavy atom. The zero-order valence-electron chi connectivity index (χ0n) is 15.5. The van der Waals surface area contributed by atoms with Crippen LogP contribution in [0.1, 0.15) is 21.5 Å². The molecule has 0 unspecified atom stereocenters. The zero-order chi connectivity index (χ0) is 21.5. The Morgan fingerprint density at radius 2 is 1.77 bits per heavy atom. The molecule has 7 nitrogen and oxygen atoms in total. The summed E-state index contributed by atoms with van der Waals surface area (Å²) in [5, 5.41) is 4.26. The van der Waals surface area contributed by atoms with Crippen LogP contribution >= 0.6 is 0 Å². The molecule has 0 aliphatic rings. The average molecular weight is 413 g/mol. The van der Waals surface area contributed by atoms with Crippen LogP contribution in [0.2, 0.25) is 0 Å². The normalized spacial score (nSPS) is 11.6. The van der Waals surface area contributed by atoms with Crippen molar-refractivity contribution >= 4 is 16.9 Å². The van der Waals surface area contributed by atoms with Crippen LogP contribution in [-0.4, -0.2) is 25.3 Å². The number of carbonyl (C=O) groups is 1. The molecule has 2 aromatic heterocycles. The van der Waals surface area contributed by atoms with Gasteiger partial charge in [-0.15, -0.1) is 0 Å². The lowest BCUT2D eigenvalue weighted by molar-refractivity contribution is -0.137. The third-order valence-corrected chi connectivity index (χ3v) is 4.47. The fraction of sp³-hybridized carbons (Fsp3) is 0.100. The van der Waals surface area contributed by atoms with Crippen molar-refractivity contribution in [1.82, 2.24) is 19.4 Å². The lowest BCUT2D eigenvalue weighted by Gasteiger charge is -2.13. The van der Waals surface area contributed by atoms with Crippen molar-refractivity contribution in [2.45, 2.75) is 13.1 Å². The molecule has 0 saturated heterocycles. The number of nitrogens with zero attached hydrogens (tertiary/aromatic N) is 4. The first-order chi connectivity index (χ1) is 14.3. The molecule has 0 saturated carbocycles. The Hall–Kier alpha value is -3.95. The summed E-state index contributed by atoms with van der Waals surface area (Å²) in [6.45, 7) is 1.93. The fourth-order valence-corrected chi connectivity index (χ4v) is 2.96. The summed E-state index contributed by atoms with van der Waals surface area (Å²) < 4.78 is 41.7. The number of nitrogens with one attached hydrogen (secondary N) is 1. The Balaban J connectivity index is 1.70. The minimum Gasteiger partial charge on any atom is -0.267 e. The summed E-state index contributed by atoms with van der Waals surface area (Å²) in [6, 6.07) is 11.7. The number of aromatic nitrogens is 4. The molecule has 4 aromatic rings. The van der Waals surface area contributed by atoms with E-state index in [-0.39, 0.29) is 11.0 Å². The van der Waals surface area contributed by atoms with Gasteiger partial charge in [0.15, 0.2) is 5.65 Å². The van der Waals surface area contributed by atoms with E-state index in [9.17, 15) is 22.8 Å². The summed E-state index contributed by atoms with van der Waals surface area (Å²) in [5.41, 5.74) is 1.77. The molecule has 0 aliphatic heterocycles. The quantitative estimate of drug-likeness (QED) is 0.559. The molecule has 1 amide bonds. The van der Waals surface area contributed by atoms with Crippen LogP contribution in [0.3, 0.4) is 0 Å². The topological polar surface area (TPSA) is 81.8 Å². The Labute approximate surface area is 167 Å². The van der Waals surface area contributed by atoms with Gasteiger partial charge in [0.2, 0.25) is 0 Å². The Bertz CT molecular complexity index is 1310. The molecular weight excluding hydrogens is 399 g/mol. The second kappa shape index (κ2) is 7.14. The van der Waals surface area contributed by atoms with E-state index in [0.29, 0.717) is 5.69 Å². The Kier molecular flexibility index (Phi) is 4.61. The summed E-state index contributed by atoms with van der Waals surface area (Å²) in [4.78, 5) is 29.3. The maximum atomic E-state index is 13.2. The highest BCUT2D eigenvalue weighted by Gasteiger charge is 2.35. The molecule has 10 heteroatoms.